The van der Waals surface area contributed by atoms with Gasteiger partial charge in [0.25, 0.3) is 6.08 Å². The highest BCUT2D eigenvalue weighted by atomic mass is 19.4. The summed E-state index contributed by atoms with van der Waals surface area (Å²) in [6.07, 6.45) is -4.11. The number of hydrogen-bond donors (Lipinski definition) is 1. The summed E-state index contributed by atoms with van der Waals surface area (Å²) in [7, 11) is 0. The van der Waals surface area contributed by atoms with E-state index in [-0.39, 0.29) is 0 Å². The third-order valence-electron chi connectivity index (χ3n) is 2.45. The maximum atomic E-state index is 13.1. The maximum Gasteiger partial charge on any atom is 0.384 e. The highest BCUT2D eigenvalue weighted by Gasteiger charge is 2.86. The van der Waals surface area contributed by atoms with Crippen LogP contribution in [0.25, 0.3) is 0 Å². The van der Waals surface area contributed by atoms with Gasteiger partial charge in [0, 0.05) is 6.92 Å². The average Bonchev–Trinajstić information content (AvgIpc) is 2.24. The number of alkyl halides is 10. The molecule has 0 bridgehead atoms. The zero-order valence-electron chi connectivity index (χ0n) is 10.4. The Hall–Kier alpha value is -1.63. The van der Waals surface area contributed by atoms with Gasteiger partial charge in [-0.15, -0.1) is 0 Å². The van der Waals surface area contributed by atoms with Crippen molar-refractivity contribution >= 4 is 5.97 Å². The zero-order chi connectivity index (χ0) is 19.2. The molecule has 0 fully saturated rings. The van der Waals surface area contributed by atoms with Crippen molar-refractivity contribution in [3.63, 3.8) is 0 Å². The smallest absolute Gasteiger partial charge is 0.384 e. The molecule has 0 aliphatic heterocycles. The Balaban J connectivity index is 6.47. The van der Waals surface area contributed by atoms with Crippen molar-refractivity contribution in [2.24, 2.45) is 0 Å². The van der Waals surface area contributed by atoms with Crippen LogP contribution in [0.3, 0.4) is 0 Å². The van der Waals surface area contributed by atoms with E-state index < -0.39 is 54.2 Å². The van der Waals surface area contributed by atoms with Crippen LogP contribution in [0.5, 0.6) is 0 Å². The van der Waals surface area contributed by atoms with E-state index in [0.29, 0.717) is 0 Å². The molecule has 0 aliphatic carbocycles. The molecule has 0 aromatic rings. The number of hydrogen-bond acceptors (Lipinski definition) is 1. The number of aliphatic carboxylic acids is 1. The van der Waals surface area contributed by atoms with E-state index in [0.717, 1.165) is 0 Å². The predicted molar refractivity (Wildman–Crippen MR) is 47.3 cm³/mol. The van der Waals surface area contributed by atoms with Gasteiger partial charge in [-0.05, 0) is 0 Å². The van der Waals surface area contributed by atoms with Gasteiger partial charge in [-0.25, -0.2) is 4.79 Å². The van der Waals surface area contributed by atoms with Crippen molar-refractivity contribution < 1.29 is 62.6 Å². The van der Waals surface area contributed by atoms with E-state index in [1.54, 1.807) is 0 Å². The monoisotopic (exact) mass is 372 g/mol. The molecule has 14 heteroatoms. The Bertz CT molecular complexity index is 511. The first-order valence-electron chi connectivity index (χ1n) is 4.95. The van der Waals surface area contributed by atoms with Gasteiger partial charge in [0.1, 0.15) is 0 Å². The molecule has 0 radical (unpaired) electrons. The van der Waals surface area contributed by atoms with Crippen molar-refractivity contribution in [1.82, 2.24) is 0 Å². The molecule has 0 rings (SSSR count). The third kappa shape index (κ3) is 2.94. The molecule has 0 aromatic heterocycles. The summed E-state index contributed by atoms with van der Waals surface area (Å²) in [6, 6.07) is 0. The SMILES string of the molecule is CC(F)(F)C(F)(F)C(F)(F)C(F)(F)C(F)(F)C(C(=O)O)=C(F)F. The summed E-state index contributed by atoms with van der Waals surface area (Å²) < 4.78 is 152. The lowest BCUT2D eigenvalue weighted by Gasteiger charge is -2.38. The van der Waals surface area contributed by atoms with Crippen LogP contribution in [0.15, 0.2) is 11.7 Å². The molecule has 0 aliphatic rings. The van der Waals surface area contributed by atoms with Crippen LogP contribution < -0.4 is 0 Å². The van der Waals surface area contributed by atoms with Crippen LogP contribution in [0.2, 0.25) is 0 Å². The number of carbonyl (C=O) groups is 1. The van der Waals surface area contributed by atoms with Crippen LogP contribution in [0, 0.1) is 0 Å². The van der Waals surface area contributed by atoms with Crippen LogP contribution in [0.1, 0.15) is 6.92 Å². The molecule has 23 heavy (non-hydrogen) atoms. The van der Waals surface area contributed by atoms with E-state index in [1.165, 1.54) is 0 Å². The Kier molecular flexibility index (Phi) is 5.08. The molecule has 0 unspecified atom stereocenters. The van der Waals surface area contributed by atoms with E-state index in [1.807, 2.05) is 0 Å². The fraction of sp³-hybridized carbons (Fsp3) is 0.667. The maximum absolute atomic E-state index is 13.1. The lowest BCUT2D eigenvalue weighted by atomic mass is 9.91. The normalized spacial score (nSPS) is 14.7. The summed E-state index contributed by atoms with van der Waals surface area (Å²) in [6.45, 7) is -1.02. The molecule has 1 N–H and O–H groups in total. The molecule has 0 spiro atoms. The van der Waals surface area contributed by atoms with Crippen molar-refractivity contribution in [1.29, 1.82) is 0 Å². The second-order valence-electron chi connectivity index (χ2n) is 4.13. The predicted octanol–water partition coefficient (Wildman–Crippen LogP) is 4.42. The van der Waals surface area contributed by atoms with E-state index >= 15 is 0 Å². The van der Waals surface area contributed by atoms with Gasteiger partial charge in [0.05, 0.1) is 0 Å². The zero-order valence-corrected chi connectivity index (χ0v) is 10.4. The Labute approximate surface area is 118 Å². The fourth-order valence-corrected chi connectivity index (χ4v) is 1.16. The molecule has 0 saturated carbocycles. The number of rotatable bonds is 6. The summed E-state index contributed by atoms with van der Waals surface area (Å²) in [5, 5.41) is 7.94. The van der Waals surface area contributed by atoms with Crippen molar-refractivity contribution in [3.8, 4) is 0 Å². The minimum Gasteiger partial charge on any atom is -0.478 e. The molecule has 0 atom stereocenters. The minimum atomic E-state index is -7.60. The summed E-state index contributed by atoms with van der Waals surface area (Å²) >= 11 is 0. The number of halogens is 12. The molecule has 0 aromatic carbocycles. The van der Waals surface area contributed by atoms with Gasteiger partial charge in [-0.3, -0.25) is 0 Å². The van der Waals surface area contributed by atoms with Crippen LogP contribution >= 0.6 is 0 Å². The first kappa shape index (κ1) is 21.4. The second kappa shape index (κ2) is 5.47. The summed E-state index contributed by atoms with van der Waals surface area (Å²) in [5.41, 5.74) is -3.93. The van der Waals surface area contributed by atoms with Crippen molar-refractivity contribution in [2.45, 2.75) is 36.5 Å². The van der Waals surface area contributed by atoms with Crippen LogP contribution in [-0.4, -0.2) is 40.7 Å². The van der Waals surface area contributed by atoms with Crippen molar-refractivity contribution in [2.75, 3.05) is 0 Å². The van der Waals surface area contributed by atoms with E-state index in [4.69, 9.17) is 5.11 Å². The molecule has 0 heterocycles. The molecule has 2 nitrogen and oxygen atoms in total. The first-order valence-corrected chi connectivity index (χ1v) is 4.95. The van der Waals surface area contributed by atoms with Gasteiger partial charge >= 0.3 is 35.6 Å². The quantitative estimate of drug-likeness (QED) is 0.554. The van der Waals surface area contributed by atoms with Gasteiger partial charge in [0.15, 0.2) is 5.57 Å². The van der Waals surface area contributed by atoms with Crippen molar-refractivity contribution in [3.05, 3.63) is 11.7 Å². The lowest BCUT2D eigenvalue weighted by Crippen LogP contribution is -2.67. The largest absolute Gasteiger partial charge is 0.478 e. The number of carboxylic acids is 1. The van der Waals surface area contributed by atoms with E-state index in [9.17, 15) is 57.5 Å². The summed E-state index contributed by atoms with van der Waals surface area (Å²) in [4.78, 5) is 10.1. The standard InChI is InChI=1S/C9H4F12O2/c1-5(12,13)7(16,17)9(20,21)8(18,19)6(14,15)2(3(10)11)4(22)23/h1H3,(H,22,23). The molecule has 0 saturated heterocycles. The molecule has 0 amide bonds. The summed E-state index contributed by atoms with van der Waals surface area (Å²) in [5.74, 6) is -38.9. The Morgan fingerprint density at radius 1 is 0.739 bits per heavy atom. The van der Waals surface area contributed by atoms with Gasteiger partial charge in [-0.2, -0.15) is 52.7 Å². The Morgan fingerprint density at radius 3 is 1.30 bits per heavy atom. The topological polar surface area (TPSA) is 37.3 Å². The van der Waals surface area contributed by atoms with Gasteiger partial charge in [-0.1, -0.05) is 0 Å². The lowest BCUT2D eigenvalue weighted by molar-refractivity contribution is -0.393. The van der Waals surface area contributed by atoms with Crippen LogP contribution in [-0.2, 0) is 4.79 Å². The minimum absolute atomic E-state index is 1.02. The van der Waals surface area contributed by atoms with Crippen LogP contribution in [0.4, 0.5) is 52.7 Å². The molecular weight excluding hydrogens is 368 g/mol. The number of carboxylic acid groups (broad SMARTS) is 1. The van der Waals surface area contributed by atoms with Gasteiger partial charge in [0.2, 0.25) is 0 Å². The molecule has 136 valence electrons. The first-order chi connectivity index (χ1) is 9.76. The van der Waals surface area contributed by atoms with E-state index in [2.05, 4.69) is 0 Å². The Morgan fingerprint density at radius 2 is 1.09 bits per heavy atom. The highest BCUT2D eigenvalue weighted by molar-refractivity contribution is 5.89. The average molecular weight is 372 g/mol. The fourth-order valence-electron chi connectivity index (χ4n) is 1.16. The highest BCUT2D eigenvalue weighted by Crippen LogP contribution is 2.58. The molecular formula is C9H4F12O2. The van der Waals surface area contributed by atoms with Gasteiger partial charge < -0.3 is 5.11 Å². The second-order valence-corrected chi connectivity index (χ2v) is 4.13. The third-order valence-corrected chi connectivity index (χ3v) is 2.45.